The van der Waals surface area contributed by atoms with Crippen LogP contribution in [0.1, 0.15) is 12.8 Å². The zero-order valence-corrected chi connectivity index (χ0v) is 10.9. The zero-order valence-electron chi connectivity index (χ0n) is 10.9. The Morgan fingerprint density at radius 1 is 1.44 bits per heavy atom. The molecular weight excluding hydrogens is 232 g/mol. The second kappa shape index (κ2) is 5.49. The van der Waals surface area contributed by atoms with E-state index in [-0.39, 0.29) is 0 Å². The average Bonchev–Trinajstić information content (AvgIpc) is 2.38. The first kappa shape index (κ1) is 13.0. The normalized spacial score (nSPS) is 18.4. The molecule has 1 aliphatic heterocycles. The molecule has 1 saturated heterocycles. The molecule has 2 heterocycles. The summed E-state index contributed by atoms with van der Waals surface area (Å²) < 4.78 is 5.25. The Kier molecular flexibility index (Phi) is 3.98. The number of hydrogen-bond acceptors (Lipinski definition) is 6. The van der Waals surface area contributed by atoms with Gasteiger partial charge in [-0.3, -0.25) is 0 Å². The predicted octanol–water partition coefficient (Wildman–Crippen LogP) is 0.496. The van der Waals surface area contributed by atoms with Crippen molar-refractivity contribution < 1.29 is 9.84 Å². The fraction of sp³-hybridized carbons (Fsp3) is 0.667. The standard InChI is InChI=1S/C12H20N4O2/c1-16(2)11-13-6-3-10(15-11)14-9-12(17)4-7-18-8-5-12/h3,6,17H,4-5,7-9H2,1-2H3,(H,13,14,15). The van der Waals surface area contributed by atoms with Gasteiger partial charge in [-0.25, -0.2) is 4.98 Å². The van der Waals surface area contributed by atoms with Crippen molar-refractivity contribution >= 4 is 11.8 Å². The number of hydrogen-bond donors (Lipinski definition) is 2. The van der Waals surface area contributed by atoms with E-state index in [9.17, 15) is 5.11 Å². The number of rotatable bonds is 4. The van der Waals surface area contributed by atoms with Crippen molar-refractivity contribution in [2.24, 2.45) is 0 Å². The monoisotopic (exact) mass is 252 g/mol. The summed E-state index contributed by atoms with van der Waals surface area (Å²) in [6.07, 6.45) is 3.02. The second-order valence-corrected chi connectivity index (χ2v) is 4.83. The van der Waals surface area contributed by atoms with Crippen molar-refractivity contribution in [3.63, 3.8) is 0 Å². The van der Waals surface area contributed by atoms with Gasteiger partial charge in [-0.05, 0) is 6.07 Å². The summed E-state index contributed by atoms with van der Waals surface area (Å²) in [6.45, 7) is 1.72. The van der Waals surface area contributed by atoms with E-state index >= 15 is 0 Å². The van der Waals surface area contributed by atoms with Gasteiger partial charge in [-0.15, -0.1) is 0 Å². The Bertz CT molecular complexity index is 391. The van der Waals surface area contributed by atoms with Crippen LogP contribution in [0.2, 0.25) is 0 Å². The number of aliphatic hydroxyl groups is 1. The van der Waals surface area contributed by atoms with Crippen molar-refractivity contribution in [2.75, 3.05) is 44.1 Å². The lowest BCUT2D eigenvalue weighted by Gasteiger charge is -2.32. The molecule has 0 atom stereocenters. The third kappa shape index (κ3) is 3.30. The van der Waals surface area contributed by atoms with Crippen LogP contribution in [0, 0.1) is 0 Å². The minimum Gasteiger partial charge on any atom is -0.388 e. The second-order valence-electron chi connectivity index (χ2n) is 4.83. The highest BCUT2D eigenvalue weighted by molar-refractivity contribution is 5.40. The van der Waals surface area contributed by atoms with Crippen molar-refractivity contribution in [1.82, 2.24) is 9.97 Å². The highest BCUT2D eigenvalue weighted by Crippen LogP contribution is 2.21. The summed E-state index contributed by atoms with van der Waals surface area (Å²) in [5.74, 6) is 1.38. The first-order valence-corrected chi connectivity index (χ1v) is 6.13. The Hall–Kier alpha value is -1.40. The lowest BCUT2D eigenvalue weighted by atomic mass is 9.94. The number of ether oxygens (including phenoxy) is 1. The molecule has 1 fully saturated rings. The van der Waals surface area contributed by atoms with E-state index in [1.807, 2.05) is 19.0 Å². The largest absolute Gasteiger partial charge is 0.388 e. The van der Waals surface area contributed by atoms with Crippen LogP contribution in [0.25, 0.3) is 0 Å². The van der Waals surface area contributed by atoms with Gasteiger partial charge >= 0.3 is 0 Å². The molecule has 0 unspecified atom stereocenters. The van der Waals surface area contributed by atoms with E-state index < -0.39 is 5.60 Å². The molecular formula is C12H20N4O2. The van der Waals surface area contributed by atoms with Crippen LogP contribution in [0.5, 0.6) is 0 Å². The first-order valence-electron chi connectivity index (χ1n) is 6.13. The van der Waals surface area contributed by atoms with Crippen molar-refractivity contribution in [3.05, 3.63) is 12.3 Å². The molecule has 1 aromatic heterocycles. The van der Waals surface area contributed by atoms with Crippen LogP contribution in [-0.4, -0.2) is 54.5 Å². The number of nitrogens with one attached hydrogen (secondary N) is 1. The molecule has 0 spiro atoms. The molecule has 1 aromatic rings. The summed E-state index contributed by atoms with van der Waals surface area (Å²) in [4.78, 5) is 10.3. The topological polar surface area (TPSA) is 70.5 Å². The third-order valence-electron chi connectivity index (χ3n) is 3.06. The van der Waals surface area contributed by atoms with Crippen LogP contribution in [-0.2, 0) is 4.74 Å². The fourth-order valence-corrected chi connectivity index (χ4v) is 1.85. The lowest BCUT2D eigenvalue weighted by molar-refractivity contribution is -0.0543. The van der Waals surface area contributed by atoms with Gasteiger partial charge in [0.25, 0.3) is 0 Å². The number of anilines is 2. The SMILES string of the molecule is CN(C)c1nccc(NCC2(O)CCOCC2)n1. The molecule has 0 aliphatic carbocycles. The summed E-state index contributed by atoms with van der Waals surface area (Å²) in [5, 5.41) is 13.5. The van der Waals surface area contributed by atoms with Gasteiger partial charge < -0.3 is 20.1 Å². The van der Waals surface area contributed by atoms with E-state index in [0.29, 0.717) is 38.5 Å². The van der Waals surface area contributed by atoms with Gasteiger partial charge in [0.1, 0.15) is 5.82 Å². The zero-order chi connectivity index (χ0) is 13.0. The van der Waals surface area contributed by atoms with Gasteiger partial charge in [0, 0.05) is 52.9 Å². The Morgan fingerprint density at radius 2 is 2.17 bits per heavy atom. The van der Waals surface area contributed by atoms with Crippen molar-refractivity contribution in [1.29, 1.82) is 0 Å². The molecule has 0 aromatic carbocycles. The minimum absolute atomic E-state index is 0.486. The molecule has 1 aliphatic rings. The van der Waals surface area contributed by atoms with E-state index in [4.69, 9.17) is 4.74 Å². The Morgan fingerprint density at radius 3 is 2.83 bits per heavy atom. The lowest BCUT2D eigenvalue weighted by Crippen LogP contribution is -2.42. The van der Waals surface area contributed by atoms with Crippen molar-refractivity contribution in [2.45, 2.75) is 18.4 Å². The van der Waals surface area contributed by atoms with E-state index in [0.717, 1.165) is 5.82 Å². The van der Waals surface area contributed by atoms with Gasteiger partial charge in [0.2, 0.25) is 5.95 Å². The Labute approximate surface area is 107 Å². The molecule has 6 heteroatoms. The summed E-state index contributed by atoms with van der Waals surface area (Å²) in [7, 11) is 3.79. The van der Waals surface area contributed by atoms with Crippen LogP contribution in [0.4, 0.5) is 11.8 Å². The molecule has 2 rings (SSSR count). The van der Waals surface area contributed by atoms with Gasteiger partial charge in [-0.1, -0.05) is 0 Å². The molecule has 0 bridgehead atoms. The van der Waals surface area contributed by atoms with Crippen LogP contribution < -0.4 is 10.2 Å². The fourth-order valence-electron chi connectivity index (χ4n) is 1.85. The van der Waals surface area contributed by atoms with Gasteiger partial charge in [-0.2, -0.15) is 4.98 Å². The maximum atomic E-state index is 10.3. The predicted molar refractivity (Wildman–Crippen MR) is 69.9 cm³/mol. The maximum Gasteiger partial charge on any atom is 0.226 e. The average molecular weight is 252 g/mol. The van der Waals surface area contributed by atoms with E-state index in [1.165, 1.54) is 0 Å². The maximum absolute atomic E-state index is 10.3. The van der Waals surface area contributed by atoms with E-state index in [2.05, 4.69) is 15.3 Å². The minimum atomic E-state index is -0.693. The highest BCUT2D eigenvalue weighted by atomic mass is 16.5. The third-order valence-corrected chi connectivity index (χ3v) is 3.06. The van der Waals surface area contributed by atoms with Crippen LogP contribution >= 0.6 is 0 Å². The molecule has 0 saturated carbocycles. The van der Waals surface area contributed by atoms with Crippen molar-refractivity contribution in [3.8, 4) is 0 Å². The molecule has 6 nitrogen and oxygen atoms in total. The molecule has 100 valence electrons. The quantitative estimate of drug-likeness (QED) is 0.813. The summed E-state index contributed by atoms with van der Waals surface area (Å²) in [6, 6.07) is 1.80. The molecule has 18 heavy (non-hydrogen) atoms. The van der Waals surface area contributed by atoms with Crippen LogP contribution in [0.3, 0.4) is 0 Å². The smallest absolute Gasteiger partial charge is 0.226 e. The molecule has 0 amide bonds. The van der Waals surface area contributed by atoms with Gasteiger partial charge in [0.15, 0.2) is 0 Å². The van der Waals surface area contributed by atoms with E-state index in [1.54, 1.807) is 12.3 Å². The van der Waals surface area contributed by atoms with Gasteiger partial charge in [0.05, 0.1) is 5.60 Å². The summed E-state index contributed by atoms with van der Waals surface area (Å²) in [5.41, 5.74) is -0.693. The first-order chi connectivity index (χ1) is 8.59. The van der Waals surface area contributed by atoms with Crippen LogP contribution in [0.15, 0.2) is 12.3 Å². The molecule has 2 N–H and O–H groups in total. The highest BCUT2D eigenvalue weighted by Gasteiger charge is 2.29. The Balaban J connectivity index is 1.95. The summed E-state index contributed by atoms with van der Waals surface area (Å²) >= 11 is 0. The molecule has 0 radical (unpaired) electrons. The number of nitrogens with zero attached hydrogens (tertiary/aromatic N) is 3. The number of aromatic nitrogens is 2.